The quantitative estimate of drug-likeness (QED) is 0.756. The standard InChI is InChI=1S/C20H23FN2O2S/c1-14-4-10-18(11-5-14)26-13-19(24)23(15(2)20(25)22-3)12-16-6-8-17(21)9-7-16/h4-11,15H,12-13H2,1-3H3,(H,22,25)/t15-/m1/s1. The molecular formula is C20H23FN2O2S. The number of nitrogens with one attached hydrogen (secondary N) is 1. The second-order valence-corrected chi connectivity index (χ2v) is 7.09. The van der Waals surface area contributed by atoms with Crippen LogP contribution in [0.25, 0.3) is 0 Å². The van der Waals surface area contributed by atoms with Crippen molar-refractivity contribution >= 4 is 23.6 Å². The number of hydrogen-bond acceptors (Lipinski definition) is 3. The van der Waals surface area contributed by atoms with Crippen molar-refractivity contribution in [1.29, 1.82) is 0 Å². The van der Waals surface area contributed by atoms with Crippen molar-refractivity contribution in [1.82, 2.24) is 10.2 Å². The maximum atomic E-state index is 13.1. The third-order valence-electron chi connectivity index (χ3n) is 4.06. The van der Waals surface area contributed by atoms with Gasteiger partial charge in [-0.2, -0.15) is 0 Å². The van der Waals surface area contributed by atoms with Crippen LogP contribution in [0.1, 0.15) is 18.1 Å². The van der Waals surface area contributed by atoms with Crippen molar-refractivity contribution in [3.05, 3.63) is 65.5 Å². The van der Waals surface area contributed by atoms with E-state index in [0.717, 1.165) is 16.0 Å². The van der Waals surface area contributed by atoms with Gasteiger partial charge in [0.15, 0.2) is 0 Å². The number of nitrogens with zero attached hydrogens (tertiary/aromatic N) is 1. The minimum Gasteiger partial charge on any atom is -0.357 e. The Morgan fingerprint density at radius 3 is 2.31 bits per heavy atom. The van der Waals surface area contributed by atoms with Gasteiger partial charge in [-0.25, -0.2) is 4.39 Å². The first-order valence-electron chi connectivity index (χ1n) is 8.35. The summed E-state index contributed by atoms with van der Waals surface area (Å²) < 4.78 is 13.1. The van der Waals surface area contributed by atoms with Crippen LogP contribution in [-0.2, 0) is 16.1 Å². The Kier molecular flexibility index (Phi) is 7.21. The minimum absolute atomic E-state index is 0.143. The zero-order valence-corrected chi connectivity index (χ0v) is 16.0. The number of rotatable bonds is 7. The van der Waals surface area contributed by atoms with Crippen molar-refractivity contribution in [2.75, 3.05) is 12.8 Å². The highest BCUT2D eigenvalue weighted by molar-refractivity contribution is 8.00. The van der Waals surface area contributed by atoms with Crippen molar-refractivity contribution in [3.63, 3.8) is 0 Å². The summed E-state index contributed by atoms with van der Waals surface area (Å²) in [4.78, 5) is 27.3. The molecule has 6 heteroatoms. The molecule has 0 bridgehead atoms. The lowest BCUT2D eigenvalue weighted by molar-refractivity contribution is -0.138. The Morgan fingerprint density at radius 1 is 1.12 bits per heavy atom. The van der Waals surface area contributed by atoms with Crippen molar-refractivity contribution in [2.45, 2.75) is 31.3 Å². The van der Waals surface area contributed by atoms with Gasteiger partial charge >= 0.3 is 0 Å². The van der Waals surface area contributed by atoms with Crippen molar-refractivity contribution in [3.8, 4) is 0 Å². The summed E-state index contributed by atoms with van der Waals surface area (Å²) in [6.07, 6.45) is 0. The number of benzene rings is 2. The molecule has 0 aromatic heterocycles. The molecule has 0 heterocycles. The average Bonchev–Trinajstić information content (AvgIpc) is 2.65. The Morgan fingerprint density at radius 2 is 1.73 bits per heavy atom. The molecule has 138 valence electrons. The van der Waals surface area contributed by atoms with Crippen LogP contribution < -0.4 is 5.32 Å². The molecule has 0 spiro atoms. The van der Waals surface area contributed by atoms with Gasteiger partial charge in [-0.05, 0) is 43.7 Å². The molecule has 0 saturated heterocycles. The highest BCUT2D eigenvalue weighted by atomic mass is 32.2. The van der Waals surface area contributed by atoms with Crippen LogP contribution in [0.4, 0.5) is 4.39 Å². The van der Waals surface area contributed by atoms with Crippen LogP contribution in [0.5, 0.6) is 0 Å². The van der Waals surface area contributed by atoms with Gasteiger partial charge in [-0.15, -0.1) is 11.8 Å². The topological polar surface area (TPSA) is 49.4 Å². The number of thioether (sulfide) groups is 1. The molecule has 2 rings (SSSR count). The lowest BCUT2D eigenvalue weighted by Crippen LogP contribution is -2.47. The van der Waals surface area contributed by atoms with Crippen LogP contribution in [0, 0.1) is 12.7 Å². The molecular weight excluding hydrogens is 351 g/mol. The Balaban J connectivity index is 2.10. The molecule has 2 aromatic carbocycles. The number of halogens is 1. The summed E-state index contributed by atoms with van der Waals surface area (Å²) in [5.74, 6) is -0.483. The van der Waals surface area contributed by atoms with Gasteiger partial charge < -0.3 is 10.2 Å². The highest BCUT2D eigenvalue weighted by Gasteiger charge is 2.25. The highest BCUT2D eigenvalue weighted by Crippen LogP contribution is 2.20. The maximum absolute atomic E-state index is 13.1. The lowest BCUT2D eigenvalue weighted by Gasteiger charge is -2.28. The van der Waals surface area contributed by atoms with E-state index in [2.05, 4.69) is 5.32 Å². The van der Waals surface area contributed by atoms with E-state index in [1.165, 1.54) is 28.8 Å². The Hall–Kier alpha value is -2.34. The summed E-state index contributed by atoms with van der Waals surface area (Å²) in [6.45, 7) is 3.95. The molecule has 2 amide bonds. The first kappa shape index (κ1) is 20.0. The summed E-state index contributed by atoms with van der Waals surface area (Å²) in [6, 6.07) is 13.3. The molecule has 0 saturated carbocycles. The second-order valence-electron chi connectivity index (χ2n) is 6.04. The minimum atomic E-state index is -0.615. The SMILES string of the molecule is CNC(=O)[C@@H](C)N(Cc1ccc(F)cc1)C(=O)CSc1ccc(C)cc1. The van der Waals surface area contributed by atoms with E-state index >= 15 is 0 Å². The maximum Gasteiger partial charge on any atom is 0.242 e. The van der Waals surface area contributed by atoms with E-state index < -0.39 is 6.04 Å². The smallest absolute Gasteiger partial charge is 0.242 e. The van der Waals surface area contributed by atoms with Crippen LogP contribution in [0.2, 0.25) is 0 Å². The van der Waals surface area contributed by atoms with E-state index in [-0.39, 0.29) is 29.9 Å². The third-order valence-corrected chi connectivity index (χ3v) is 5.06. The largest absolute Gasteiger partial charge is 0.357 e. The second kappa shape index (κ2) is 9.38. The first-order valence-corrected chi connectivity index (χ1v) is 9.34. The number of carbonyl (C=O) groups excluding carboxylic acids is 2. The molecule has 0 aliphatic carbocycles. The summed E-state index contributed by atoms with van der Waals surface area (Å²) in [5, 5.41) is 2.58. The van der Waals surface area contributed by atoms with Gasteiger partial charge in [0.25, 0.3) is 0 Å². The molecule has 4 nitrogen and oxygen atoms in total. The van der Waals surface area contributed by atoms with Crippen molar-refractivity contribution in [2.24, 2.45) is 0 Å². The summed E-state index contributed by atoms with van der Waals surface area (Å²) in [7, 11) is 1.54. The third kappa shape index (κ3) is 5.59. The molecule has 0 radical (unpaired) electrons. The molecule has 0 aliphatic rings. The van der Waals surface area contributed by atoms with Gasteiger partial charge in [0.2, 0.25) is 11.8 Å². The first-order chi connectivity index (χ1) is 12.4. The van der Waals surface area contributed by atoms with Crippen LogP contribution in [0.15, 0.2) is 53.4 Å². The summed E-state index contributed by atoms with van der Waals surface area (Å²) in [5.41, 5.74) is 1.93. The fourth-order valence-corrected chi connectivity index (χ4v) is 3.23. The molecule has 2 aromatic rings. The van der Waals surface area contributed by atoms with E-state index in [9.17, 15) is 14.0 Å². The molecule has 1 atom stereocenters. The fourth-order valence-electron chi connectivity index (χ4n) is 2.44. The molecule has 0 aliphatic heterocycles. The van der Waals surface area contributed by atoms with E-state index in [4.69, 9.17) is 0 Å². The number of carbonyl (C=O) groups is 2. The normalized spacial score (nSPS) is 11.7. The number of aryl methyl sites for hydroxylation is 1. The fraction of sp³-hybridized carbons (Fsp3) is 0.300. The zero-order valence-electron chi connectivity index (χ0n) is 15.2. The van der Waals surface area contributed by atoms with Crippen LogP contribution in [0.3, 0.4) is 0 Å². The van der Waals surface area contributed by atoms with Crippen molar-refractivity contribution < 1.29 is 14.0 Å². The van der Waals surface area contributed by atoms with Gasteiger partial charge in [-0.3, -0.25) is 9.59 Å². The molecule has 0 unspecified atom stereocenters. The number of amides is 2. The predicted molar refractivity (Wildman–Crippen MR) is 102 cm³/mol. The molecule has 0 fully saturated rings. The van der Waals surface area contributed by atoms with Crippen LogP contribution in [-0.4, -0.2) is 35.6 Å². The molecule has 1 N–H and O–H groups in total. The monoisotopic (exact) mass is 374 g/mol. The Labute approximate surface area is 157 Å². The Bertz CT molecular complexity index is 747. The summed E-state index contributed by atoms with van der Waals surface area (Å²) >= 11 is 1.43. The van der Waals surface area contributed by atoms with Gasteiger partial charge in [0.1, 0.15) is 11.9 Å². The van der Waals surface area contributed by atoms with E-state index in [1.807, 2.05) is 31.2 Å². The number of hydrogen-bond donors (Lipinski definition) is 1. The van der Waals surface area contributed by atoms with E-state index in [0.29, 0.717) is 0 Å². The van der Waals surface area contributed by atoms with Gasteiger partial charge in [0, 0.05) is 18.5 Å². The zero-order chi connectivity index (χ0) is 19.1. The predicted octanol–water partition coefficient (Wildman–Crippen LogP) is 3.39. The van der Waals surface area contributed by atoms with Gasteiger partial charge in [-0.1, -0.05) is 29.8 Å². The average molecular weight is 374 g/mol. The van der Waals surface area contributed by atoms with Gasteiger partial charge in [0.05, 0.1) is 5.75 Å². The van der Waals surface area contributed by atoms with Crippen LogP contribution >= 0.6 is 11.8 Å². The molecule has 26 heavy (non-hydrogen) atoms. The lowest BCUT2D eigenvalue weighted by atomic mass is 10.1. The number of likely N-dealkylation sites (N-methyl/N-ethyl adjacent to an activating group) is 1. The van der Waals surface area contributed by atoms with E-state index in [1.54, 1.807) is 26.1 Å².